The van der Waals surface area contributed by atoms with E-state index in [4.69, 9.17) is 5.73 Å². The molecule has 1 nitrogen and oxygen atoms in total. The Morgan fingerprint density at radius 1 is 1.15 bits per heavy atom. The first-order valence-corrected chi connectivity index (χ1v) is 5.07. The van der Waals surface area contributed by atoms with Crippen LogP contribution in [0.15, 0.2) is 30.3 Å². The number of hydrogen-bond donors (Lipinski definition) is 1. The van der Waals surface area contributed by atoms with Gasteiger partial charge in [0.25, 0.3) is 0 Å². The van der Waals surface area contributed by atoms with Crippen molar-refractivity contribution in [2.75, 3.05) is 6.54 Å². The van der Waals surface area contributed by atoms with Crippen molar-refractivity contribution in [3.8, 4) is 0 Å². The number of aryl methyl sites for hydroxylation is 1. The van der Waals surface area contributed by atoms with Gasteiger partial charge in [-0.3, -0.25) is 0 Å². The summed E-state index contributed by atoms with van der Waals surface area (Å²) in [6.07, 6.45) is 3.58. The fourth-order valence-electron chi connectivity index (χ4n) is 1.49. The van der Waals surface area contributed by atoms with E-state index in [-0.39, 0.29) is 0 Å². The van der Waals surface area contributed by atoms with E-state index in [9.17, 15) is 0 Å². The molecule has 72 valence electrons. The molecule has 0 radical (unpaired) electrons. The van der Waals surface area contributed by atoms with Gasteiger partial charge < -0.3 is 5.73 Å². The summed E-state index contributed by atoms with van der Waals surface area (Å²) >= 11 is 0. The fraction of sp³-hybridized carbons (Fsp3) is 0.500. The summed E-state index contributed by atoms with van der Waals surface area (Å²) in [6, 6.07) is 10.6. The van der Waals surface area contributed by atoms with Gasteiger partial charge in [0, 0.05) is 0 Å². The van der Waals surface area contributed by atoms with E-state index < -0.39 is 0 Å². The van der Waals surface area contributed by atoms with Crippen LogP contribution >= 0.6 is 0 Å². The molecule has 0 bridgehead atoms. The first-order chi connectivity index (χ1) is 6.33. The highest BCUT2D eigenvalue weighted by molar-refractivity contribution is 5.14. The van der Waals surface area contributed by atoms with Gasteiger partial charge in [-0.2, -0.15) is 0 Å². The highest BCUT2D eigenvalue weighted by Crippen LogP contribution is 2.11. The van der Waals surface area contributed by atoms with Crippen LogP contribution in [0.4, 0.5) is 0 Å². The summed E-state index contributed by atoms with van der Waals surface area (Å²) in [5.74, 6) is 0.755. The third-order valence-electron chi connectivity index (χ3n) is 2.43. The Labute approximate surface area is 81.0 Å². The lowest BCUT2D eigenvalue weighted by Gasteiger charge is -2.08. The third kappa shape index (κ3) is 4.09. The molecule has 1 aromatic rings. The summed E-state index contributed by atoms with van der Waals surface area (Å²) in [5, 5.41) is 0. The van der Waals surface area contributed by atoms with E-state index in [0.29, 0.717) is 0 Å². The molecule has 0 aliphatic carbocycles. The second-order valence-electron chi connectivity index (χ2n) is 3.71. The SMILES string of the molecule is C[C@H](CCN)CCc1ccccc1. The summed E-state index contributed by atoms with van der Waals surface area (Å²) in [7, 11) is 0. The minimum Gasteiger partial charge on any atom is -0.330 e. The topological polar surface area (TPSA) is 26.0 Å². The van der Waals surface area contributed by atoms with Crippen LogP contribution in [0, 0.1) is 5.92 Å². The summed E-state index contributed by atoms with van der Waals surface area (Å²) in [4.78, 5) is 0. The minimum absolute atomic E-state index is 0.755. The molecule has 0 fully saturated rings. The molecule has 0 aliphatic rings. The molecule has 0 saturated heterocycles. The molecule has 13 heavy (non-hydrogen) atoms. The zero-order chi connectivity index (χ0) is 9.52. The van der Waals surface area contributed by atoms with Gasteiger partial charge in [0.15, 0.2) is 0 Å². The molecule has 0 unspecified atom stereocenters. The molecule has 0 amide bonds. The van der Waals surface area contributed by atoms with Gasteiger partial charge in [0.1, 0.15) is 0 Å². The van der Waals surface area contributed by atoms with Crippen LogP contribution in [0.5, 0.6) is 0 Å². The zero-order valence-electron chi connectivity index (χ0n) is 8.37. The Balaban J connectivity index is 2.27. The van der Waals surface area contributed by atoms with E-state index in [1.165, 1.54) is 18.4 Å². The maximum atomic E-state index is 5.50. The molecule has 1 atom stereocenters. The minimum atomic E-state index is 0.755. The van der Waals surface area contributed by atoms with Gasteiger partial charge in [-0.1, -0.05) is 37.3 Å². The first kappa shape index (κ1) is 10.3. The second kappa shape index (κ2) is 5.76. The van der Waals surface area contributed by atoms with Crippen LogP contribution in [-0.4, -0.2) is 6.54 Å². The van der Waals surface area contributed by atoms with E-state index in [2.05, 4.69) is 37.3 Å². The van der Waals surface area contributed by atoms with E-state index in [1.54, 1.807) is 0 Å². The fourth-order valence-corrected chi connectivity index (χ4v) is 1.49. The molecule has 0 spiro atoms. The second-order valence-corrected chi connectivity index (χ2v) is 3.71. The van der Waals surface area contributed by atoms with Gasteiger partial charge in [0.05, 0.1) is 0 Å². The molecule has 1 rings (SSSR count). The molecular weight excluding hydrogens is 158 g/mol. The van der Waals surface area contributed by atoms with Crippen molar-refractivity contribution >= 4 is 0 Å². The lowest BCUT2D eigenvalue weighted by Crippen LogP contribution is -2.06. The van der Waals surface area contributed by atoms with Gasteiger partial charge in [-0.25, -0.2) is 0 Å². The van der Waals surface area contributed by atoms with E-state index in [0.717, 1.165) is 18.9 Å². The van der Waals surface area contributed by atoms with Crippen molar-refractivity contribution in [1.82, 2.24) is 0 Å². The lowest BCUT2D eigenvalue weighted by atomic mass is 9.98. The Hall–Kier alpha value is -0.820. The van der Waals surface area contributed by atoms with Crippen LogP contribution in [0.3, 0.4) is 0 Å². The van der Waals surface area contributed by atoms with Crippen LogP contribution in [0.1, 0.15) is 25.3 Å². The molecule has 0 aromatic heterocycles. The smallest absolute Gasteiger partial charge is 0.00747 e. The number of rotatable bonds is 5. The third-order valence-corrected chi connectivity index (χ3v) is 2.43. The van der Waals surface area contributed by atoms with Crippen molar-refractivity contribution in [2.24, 2.45) is 11.7 Å². The molecular formula is C12H19N. The largest absolute Gasteiger partial charge is 0.330 e. The van der Waals surface area contributed by atoms with Crippen molar-refractivity contribution in [3.63, 3.8) is 0 Å². The summed E-state index contributed by atoms with van der Waals surface area (Å²) in [5.41, 5.74) is 6.93. The van der Waals surface area contributed by atoms with Crippen molar-refractivity contribution in [2.45, 2.75) is 26.2 Å². The van der Waals surface area contributed by atoms with Gasteiger partial charge in [0.2, 0.25) is 0 Å². The molecule has 0 heterocycles. The highest BCUT2D eigenvalue weighted by Gasteiger charge is 2.00. The van der Waals surface area contributed by atoms with Crippen molar-refractivity contribution < 1.29 is 0 Å². The normalized spacial score (nSPS) is 12.8. The average molecular weight is 177 g/mol. The van der Waals surface area contributed by atoms with Crippen LogP contribution in [0.25, 0.3) is 0 Å². The molecule has 2 N–H and O–H groups in total. The average Bonchev–Trinajstić information content (AvgIpc) is 2.17. The quantitative estimate of drug-likeness (QED) is 0.735. The monoisotopic (exact) mass is 177 g/mol. The van der Waals surface area contributed by atoms with Gasteiger partial charge in [-0.05, 0) is 37.3 Å². The van der Waals surface area contributed by atoms with Crippen LogP contribution in [-0.2, 0) is 6.42 Å². The van der Waals surface area contributed by atoms with Crippen LogP contribution < -0.4 is 5.73 Å². The van der Waals surface area contributed by atoms with Crippen LogP contribution in [0.2, 0.25) is 0 Å². The Kier molecular flexibility index (Phi) is 4.55. The number of benzene rings is 1. The van der Waals surface area contributed by atoms with E-state index >= 15 is 0 Å². The molecule has 0 saturated carbocycles. The Morgan fingerprint density at radius 3 is 2.46 bits per heavy atom. The number of hydrogen-bond acceptors (Lipinski definition) is 1. The summed E-state index contributed by atoms with van der Waals surface area (Å²) in [6.45, 7) is 3.09. The van der Waals surface area contributed by atoms with E-state index in [1.807, 2.05) is 0 Å². The molecule has 1 heteroatoms. The maximum Gasteiger partial charge on any atom is -0.00747 e. The van der Waals surface area contributed by atoms with Crippen molar-refractivity contribution in [3.05, 3.63) is 35.9 Å². The molecule has 1 aromatic carbocycles. The van der Waals surface area contributed by atoms with Gasteiger partial charge >= 0.3 is 0 Å². The predicted molar refractivity (Wildman–Crippen MR) is 57.6 cm³/mol. The van der Waals surface area contributed by atoms with Gasteiger partial charge in [-0.15, -0.1) is 0 Å². The summed E-state index contributed by atoms with van der Waals surface area (Å²) < 4.78 is 0. The predicted octanol–water partition coefficient (Wildman–Crippen LogP) is 2.60. The first-order valence-electron chi connectivity index (χ1n) is 5.07. The zero-order valence-corrected chi connectivity index (χ0v) is 8.37. The lowest BCUT2D eigenvalue weighted by molar-refractivity contribution is 0.500. The maximum absolute atomic E-state index is 5.50. The molecule has 0 aliphatic heterocycles. The highest BCUT2D eigenvalue weighted by atomic mass is 14.5. The van der Waals surface area contributed by atoms with Crippen molar-refractivity contribution in [1.29, 1.82) is 0 Å². The standard InChI is InChI=1S/C12H19N/c1-11(9-10-13)7-8-12-5-3-2-4-6-12/h2-6,11H,7-10,13H2,1H3/t11-/m0/s1. The Morgan fingerprint density at radius 2 is 1.85 bits per heavy atom. The number of nitrogens with two attached hydrogens (primary N) is 1. The Bertz CT molecular complexity index is 218.